The molecule has 1 unspecified atom stereocenters. The van der Waals surface area contributed by atoms with Gasteiger partial charge in [-0.3, -0.25) is 0 Å². The maximum atomic E-state index is 9.83. The summed E-state index contributed by atoms with van der Waals surface area (Å²) in [4.78, 5) is 19.6. The van der Waals surface area contributed by atoms with Crippen LogP contribution in [0.25, 0.3) is 0 Å². The van der Waals surface area contributed by atoms with Crippen molar-refractivity contribution in [1.29, 1.82) is 0 Å². The van der Waals surface area contributed by atoms with Gasteiger partial charge < -0.3 is 19.7 Å². The Labute approximate surface area is 76.1 Å². The Morgan fingerprint density at radius 2 is 1.69 bits per heavy atom. The largest absolute Gasteiger partial charge is 0.506 e. The molecule has 0 saturated heterocycles. The Morgan fingerprint density at radius 3 is 2.00 bits per heavy atom. The number of hydrogen-bond acceptors (Lipinski definition) is 4. The summed E-state index contributed by atoms with van der Waals surface area (Å²) in [5.74, 6) is 0. The van der Waals surface area contributed by atoms with Crippen LogP contribution < -0.4 is 0 Å². The Hall–Kier alpha value is -1.46. The van der Waals surface area contributed by atoms with Gasteiger partial charge in [0, 0.05) is 0 Å². The van der Waals surface area contributed by atoms with E-state index < -0.39 is 18.4 Å². The third-order valence-electron chi connectivity index (χ3n) is 0.744. The van der Waals surface area contributed by atoms with Crippen molar-refractivity contribution in [3.63, 3.8) is 0 Å². The van der Waals surface area contributed by atoms with E-state index in [4.69, 9.17) is 10.2 Å². The Bertz CT molecular complexity index is 155. The van der Waals surface area contributed by atoms with Gasteiger partial charge in [-0.25, -0.2) is 9.59 Å². The first-order valence-electron chi connectivity index (χ1n) is 3.77. The van der Waals surface area contributed by atoms with Crippen LogP contribution in [0.1, 0.15) is 20.8 Å². The van der Waals surface area contributed by atoms with Crippen LogP contribution in [-0.4, -0.2) is 35.2 Å². The first kappa shape index (κ1) is 14.1. The normalized spacial score (nSPS) is 10.4. The molecule has 2 N–H and O–H groups in total. The van der Waals surface area contributed by atoms with Crippen molar-refractivity contribution in [1.82, 2.24) is 0 Å². The Kier molecular flexibility index (Phi) is 9.36. The van der Waals surface area contributed by atoms with Crippen LogP contribution in [0.3, 0.4) is 0 Å². The van der Waals surface area contributed by atoms with E-state index in [0.717, 1.165) is 0 Å². The van der Waals surface area contributed by atoms with Crippen LogP contribution in [0.15, 0.2) is 0 Å². The SMILES string of the molecule is CC.CC(COC(=O)O)OC(=O)O. The summed E-state index contributed by atoms with van der Waals surface area (Å²) in [6.07, 6.45) is -3.68. The minimum atomic E-state index is -1.45. The van der Waals surface area contributed by atoms with Gasteiger partial charge in [-0.2, -0.15) is 0 Å². The van der Waals surface area contributed by atoms with Crippen LogP contribution in [0.4, 0.5) is 9.59 Å². The van der Waals surface area contributed by atoms with Crippen molar-refractivity contribution in [2.45, 2.75) is 26.9 Å². The van der Waals surface area contributed by atoms with Gasteiger partial charge in [0.2, 0.25) is 0 Å². The summed E-state index contributed by atoms with van der Waals surface area (Å²) in [5, 5.41) is 16.0. The van der Waals surface area contributed by atoms with Gasteiger partial charge in [0.05, 0.1) is 0 Å². The lowest BCUT2D eigenvalue weighted by Gasteiger charge is -2.08. The van der Waals surface area contributed by atoms with E-state index in [2.05, 4.69) is 9.47 Å². The maximum absolute atomic E-state index is 9.83. The zero-order valence-electron chi connectivity index (χ0n) is 7.81. The van der Waals surface area contributed by atoms with Gasteiger partial charge in [-0.05, 0) is 6.92 Å². The van der Waals surface area contributed by atoms with Gasteiger partial charge in [-0.15, -0.1) is 0 Å². The van der Waals surface area contributed by atoms with E-state index in [-0.39, 0.29) is 6.61 Å². The summed E-state index contributed by atoms with van der Waals surface area (Å²) in [5.41, 5.74) is 0. The average molecular weight is 194 g/mol. The minimum absolute atomic E-state index is 0.290. The lowest BCUT2D eigenvalue weighted by Crippen LogP contribution is -2.20. The molecule has 0 fully saturated rings. The Balaban J connectivity index is 0. The van der Waals surface area contributed by atoms with E-state index in [1.807, 2.05) is 13.8 Å². The lowest BCUT2D eigenvalue weighted by molar-refractivity contribution is 0.0122. The lowest BCUT2D eigenvalue weighted by atomic mass is 10.4. The van der Waals surface area contributed by atoms with E-state index >= 15 is 0 Å². The fourth-order valence-electron chi connectivity index (χ4n) is 0.395. The van der Waals surface area contributed by atoms with Gasteiger partial charge in [0.25, 0.3) is 0 Å². The first-order chi connectivity index (χ1) is 6.02. The van der Waals surface area contributed by atoms with Gasteiger partial charge >= 0.3 is 12.3 Å². The predicted molar refractivity (Wildman–Crippen MR) is 43.9 cm³/mol. The molecule has 13 heavy (non-hydrogen) atoms. The first-order valence-corrected chi connectivity index (χ1v) is 3.77. The molecule has 6 heteroatoms. The monoisotopic (exact) mass is 194 g/mol. The molecule has 0 aliphatic rings. The second kappa shape index (κ2) is 8.63. The van der Waals surface area contributed by atoms with Crippen molar-refractivity contribution >= 4 is 12.3 Å². The van der Waals surface area contributed by atoms with E-state index in [0.29, 0.717) is 0 Å². The molecule has 6 nitrogen and oxygen atoms in total. The van der Waals surface area contributed by atoms with Gasteiger partial charge in [-0.1, -0.05) is 13.8 Å². The summed E-state index contributed by atoms with van der Waals surface area (Å²) >= 11 is 0. The zero-order valence-corrected chi connectivity index (χ0v) is 7.81. The summed E-state index contributed by atoms with van der Waals surface area (Å²) in [6, 6.07) is 0. The van der Waals surface area contributed by atoms with Crippen LogP contribution in [-0.2, 0) is 9.47 Å². The summed E-state index contributed by atoms with van der Waals surface area (Å²) in [7, 11) is 0. The molecule has 0 heterocycles. The Morgan fingerprint density at radius 1 is 1.23 bits per heavy atom. The van der Waals surface area contributed by atoms with Crippen LogP contribution in [0.2, 0.25) is 0 Å². The van der Waals surface area contributed by atoms with Crippen LogP contribution >= 0.6 is 0 Å². The molecule has 0 aromatic rings. The molecular formula is C7H14O6. The van der Waals surface area contributed by atoms with Gasteiger partial charge in [0.1, 0.15) is 12.7 Å². The molecule has 0 saturated carbocycles. The highest BCUT2D eigenvalue weighted by atomic mass is 16.7. The number of ether oxygens (including phenoxy) is 2. The van der Waals surface area contributed by atoms with Crippen LogP contribution in [0, 0.1) is 0 Å². The third-order valence-corrected chi connectivity index (χ3v) is 0.744. The number of carbonyl (C=O) groups is 2. The molecular weight excluding hydrogens is 180 g/mol. The average Bonchev–Trinajstić information content (AvgIpc) is 2.03. The van der Waals surface area contributed by atoms with E-state index in [1.54, 1.807) is 0 Å². The minimum Gasteiger partial charge on any atom is -0.450 e. The molecule has 0 rings (SSSR count). The van der Waals surface area contributed by atoms with Crippen molar-refractivity contribution in [3.05, 3.63) is 0 Å². The molecule has 78 valence electrons. The maximum Gasteiger partial charge on any atom is 0.506 e. The molecule has 0 aromatic heterocycles. The highest BCUT2D eigenvalue weighted by Crippen LogP contribution is 1.92. The molecule has 0 radical (unpaired) electrons. The molecule has 0 amide bonds. The quantitative estimate of drug-likeness (QED) is 0.665. The highest BCUT2D eigenvalue weighted by molar-refractivity contribution is 5.58. The predicted octanol–water partition coefficient (Wildman–Crippen LogP) is 1.79. The highest BCUT2D eigenvalue weighted by Gasteiger charge is 2.09. The number of rotatable bonds is 3. The zero-order chi connectivity index (χ0) is 10.9. The number of hydrogen-bond donors (Lipinski definition) is 2. The summed E-state index contributed by atoms with van der Waals surface area (Å²) in [6.45, 7) is 5.10. The van der Waals surface area contributed by atoms with E-state index in [9.17, 15) is 9.59 Å². The van der Waals surface area contributed by atoms with Crippen molar-refractivity contribution in [2.75, 3.05) is 6.61 Å². The van der Waals surface area contributed by atoms with Gasteiger partial charge in [0.15, 0.2) is 0 Å². The number of carboxylic acid groups (broad SMARTS) is 2. The second-order valence-corrected chi connectivity index (χ2v) is 1.77. The molecule has 0 aliphatic carbocycles. The third kappa shape index (κ3) is 13.5. The van der Waals surface area contributed by atoms with Crippen molar-refractivity contribution in [2.24, 2.45) is 0 Å². The molecule has 0 spiro atoms. The fraction of sp³-hybridized carbons (Fsp3) is 0.714. The fourth-order valence-corrected chi connectivity index (χ4v) is 0.395. The summed E-state index contributed by atoms with van der Waals surface area (Å²) < 4.78 is 8.16. The smallest absolute Gasteiger partial charge is 0.450 e. The van der Waals surface area contributed by atoms with Crippen LogP contribution in [0.5, 0.6) is 0 Å². The molecule has 0 aromatic carbocycles. The van der Waals surface area contributed by atoms with E-state index in [1.165, 1.54) is 6.92 Å². The molecule has 0 aliphatic heterocycles. The molecule has 0 bridgehead atoms. The van der Waals surface area contributed by atoms with Crippen molar-refractivity contribution in [3.8, 4) is 0 Å². The van der Waals surface area contributed by atoms with Crippen molar-refractivity contribution < 1.29 is 29.3 Å². The molecule has 1 atom stereocenters. The standard InChI is InChI=1S/C5H8O6.C2H6/c1-3(11-5(8)9)2-10-4(6)7;1-2/h3H,2H2,1H3,(H,6,7)(H,8,9);1-2H3. The second-order valence-electron chi connectivity index (χ2n) is 1.77. The topological polar surface area (TPSA) is 93.1 Å².